The number of aromatic nitrogens is 1. The molecule has 0 atom stereocenters. The van der Waals surface area contributed by atoms with Gasteiger partial charge >= 0.3 is 0 Å². The molecule has 0 saturated heterocycles. The Morgan fingerprint density at radius 1 is 1.03 bits per heavy atom. The number of anilines is 2. The van der Waals surface area contributed by atoms with Gasteiger partial charge in [0.15, 0.2) is 5.13 Å². The fraction of sp³-hybridized carbons (Fsp3) is 0.160. The molecule has 1 heterocycles. The summed E-state index contributed by atoms with van der Waals surface area (Å²) in [6.07, 6.45) is 0.255. The van der Waals surface area contributed by atoms with Gasteiger partial charge in [0.25, 0.3) is 0 Å². The van der Waals surface area contributed by atoms with Crippen molar-refractivity contribution in [2.24, 2.45) is 0 Å². The molecule has 0 fully saturated rings. The minimum atomic E-state index is -0.147. The van der Waals surface area contributed by atoms with Gasteiger partial charge in [0, 0.05) is 15.6 Å². The highest BCUT2D eigenvalue weighted by Crippen LogP contribution is 2.30. The zero-order valence-corrected chi connectivity index (χ0v) is 20.7. The van der Waals surface area contributed by atoms with E-state index in [-0.39, 0.29) is 24.0 Å². The third-order valence-corrected chi connectivity index (χ3v) is 6.86. The molecule has 0 saturated carbocycles. The first-order valence-electron chi connectivity index (χ1n) is 10.6. The number of ether oxygens (including phenoxy) is 1. The Morgan fingerprint density at radius 3 is 2.65 bits per heavy atom. The molecule has 0 bridgehead atoms. The van der Waals surface area contributed by atoms with E-state index in [1.54, 1.807) is 12.1 Å². The second-order valence-electron chi connectivity index (χ2n) is 7.30. The van der Waals surface area contributed by atoms with E-state index in [0.29, 0.717) is 22.4 Å². The number of fused-ring (bicyclic) bond motifs is 1. The van der Waals surface area contributed by atoms with Crippen LogP contribution >= 0.6 is 34.7 Å². The normalized spacial score (nSPS) is 10.8. The Balaban J connectivity index is 1.30. The maximum absolute atomic E-state index is 12.5. The molecule has 2 N–H and O–H groups in total. The standard InChI is InChI=1S/C25H22ClN3O3S2/c1-2-32-19-10-11-21-22(14-19)34-25(28-21)29-24(31)15-33-20-5-3-4-18(13-20)27-23(30)12-16-6-8-17(26)9-7-16/h3-11,13-14H,2,12,15H2,1H3,(H,27,30)(H,28,29,31). The summed E-state index contributed by atoms with van der Waals surface area (Å²) in [6, 6.07) is 20.3. The van der Waals surface area contributed by atoms with Gasteiger partial charge in [-0.2, -0.15) is 0 Å². The van der Waals surface area contributed by atoms with Crippen LogP contribution in [0, 0.1) is 0 Å². The quantitative estimate of drug-likeness (QED) is 0.259. The zero-order valence-electron chi connectivity index (χ0n) is 18.3. The van der Waals surface area contributed by atoms with E-state index < -0.39 is 0 Å². The van der Waals surface area contributed by atoms with Crippen LogP contribution in [-0.2, 0) is 16.0 Å². The van der Waals surface area contributed by atoms with Crippen molar-refractivity contribution >= 4 is 67.5 Å². The Morgan fingerprint density at radius 2 is 1.85 bits per heavy atom. The van der Waals surface area contributed by atoms with Crippen LogP contribution in [0.2, 0.25) is 5.02 Å². The number of nitrogens with one attached hydrogen (secondary N) is 2. The largest absolute Gasteiger partial charge is 0.494 e. The average Bonchev–Trinajstić information content (AvgIpc) is 3.21. The number of benzene rings is 3. The molecule has 3 aromatic carbocycles. The Kier molecular flexibility index (Phi) is 8.05. The molecule has 1 aromatic heterocycles. The predicted molar refractivity (Wildman–Crippen MR) is 140 cm³/mol. The maximum Gasteiger partial charge on any atom is 0.236 e. The number of thioether (sulfide) groups is 1. The van der Waals surface area contributed by atoms with Crippen molar-refractivity contribution in [1.82, 2.24) is 4.98 Å². The molecule has 0 radical (unpaired) electrons. The summed E-state index contributed by atoms with van der Waals surface area (Å²) in [7, 11) is 0. The van der Waals surface area contributed by atoms with Crippen LogP contribution in [0.1, 0.15) is 12.5 Å². The molecule has 0 aliphatic carbocycles. The lowest BCUT2D eigenvalue weighted by atomic mass is 10.1. The molecule has 6 nitrogen and oxygen atoms in total. The van der Waals surface area contributed by atoms with Gasteiger partial charge in [-0.15, -0.1) is 11.8 Å². The highest BCUT2D eigenvalue weighted by atomic mass is 35.5. The van der Waals surface area contributed by atoms with E-state index in [0.717, 1.165) is 26.4 Å². The lowest BCUT2D eigenvalue weighted by Crippen LogP contribution is -2.14. The van der Waals surface area contributed by atoms with Crippen LogP contribution in [0.4, 0.5) is 10.8 Å². The summed E-state index contributed by atoms with van der Waals surface area (Å²) in [6.45, 7) is 2.53. The number of amides is 2. The molecule has 174 valence electrons. The van der Waals surface area contributed by atoms with Crippen molar-refractivity contribution < 1.29 is 14.3 Å². The Hall–Kier alpha value is -3.07. The van der Waals surface area contributed by atoms with E-state index in [9.17, 15) is 9.59 Å². The van der Waals surface area contributed by atoms with Gasteiger partial charge < -0.3 is 15.4 Å². The van der Waals surface area contributed by atoms with Gasteiger partial charge in [0.2, 0.25) is 11.8 Å². The Labute approximate surface area is 210 Å². The first-order valence-corrected chi connectivity index (χ1v) is 12.8. The van der Waals surface area contributed by atoms with E-state index in [4.69, 9.17) is 16.3 Å². The highest BCUT2D eigenvalue weighted by Gasteiger charge is 2.10. The van der Waals surface area contributed by atoms with Gasteiger partial charge in [-0.25, -0.2) is 4.98 Å². The molecule has 34 heavy (non-hydrogen) atoms. The first-order chi connectivity index (χ1) is 16.5. The fourth-order valence-corrected chi connectivity index (χ4v) is 4.97. The number of rotatable bonds is 9. The smallest absolute Gasteiger partial charge is 0.236 e. The summed E-state index contributed by atoms with van der Waals surface area (Å²) >= 11 is 8.69. The third kappa shape index (κ3) is 6.72. The number of hydrogen-bond donors (Lipinski definition) is 2. The topological polar surface area (TPSA) is 80.3 Å². The molecule has 0 aliphatic heterocycles. The summed E-state index contributed by atoms with van der Waals surface area (Å²) in [4.78, 5) is 30.1. The van der Waals surface area contributed by atoms with Gasteiger partial charge in [-0.05, 0) is 61.0 Å². The van der Waals surface area contributed by atoms with Gasteiger partial charge in [0.05, 0.1) is 29.0 Å². The van der Waals surface area contributed by atoms with Crippen LogP contribution in [-0.4, -0.2) is 29.2 Å². The molecule has 0 aliphatic rings. The number of carbonyl (C=O) groups excluding carboxylic acids is 2. The van der Waals surface area contributed by atoms with Gasteiger partial charge in [0.1, 0.15) is 5.75 Å². The summed E-state index contributed by atoms with van der Waals surface area (Å²) in [5.41, 5.74) is 2.38. The summed E-state index contributed by atoms with van der Waals surface area (Å²) < 4.78 is 6.47. The molecule has 2 amide bonds. The van der Waals surface area contributed by atoms with Crippen LogP contribution in [0.25, 0.3) is 10.2 Å². The van der Waals surface area contributed by atoms with Gasteiger partial charge in [-0.1, -0.05) is 41.1 Å². The number of halogens is 1. The molecular formula is C25H22ClN3O3S2. The average molecular weight is 512 g/mol. The monoisotopic (exact) mass is 511 g/mol. The summed E-state index contributed by atoms with van der Waals surface area (Å²) in [5.74, 6) is 0.742. The lowest BCUT2D eigenvalue weighted by Gasteiger charge is -2.08. The van der Waals surface area contributed by atoms with Crippen molar-refractivity contribution in [2.75, 3.05) is 23.0 Å². The SMILES string of the molecule is CCOc1ccc2nc(NC(=O)CSc3cccc(NC(=O)Cc4ccc(Cl)cc4)c3)sc2c1. The van der Waals surface area contributed by atoms with Crippen LogP contribution in [0.3, 0.4) is 0 Å². The van der Waals surface area contributed by atoms with E-state index in [1.165, 1.54) is 23.1 Å². The van der Waals surface area contributed by atoms with E-state index in [2.05, 4.69) is 15.6 Å². The van der Waals surface area contributed by atoms with E-state index >= 15 is 0 Å². The maximum atomic E-state index is 12.5. The fourth-order valence-electron chi connectivity index (χ4n) is 3.18. The number of thiazole rings is 1. The molecule has 0 unspecified atom stereocenters. The lowest BCUT2D eigenvalue weighted by molar-refractivity contribution is -0.115. The minimum Gasteiger partial charge on any atom is -0.494 e. The first kappa shape index (κ1) is 24.1. The highest BCUT2D eigenvalue weighted by molar-refractivity contribution is 8.00. The van der Waals surface area contributed by atoms with Crippen molar-refractivity contribution in [2.45, 2.75) is 18.2 Å². The van der Waals surface area contributed by atoms with Crippen LogP contribution < -0.4 is 15.4 Å². The van der Waals surface area contributed by atoms with Crippen molar-refractivity contribution in [3.05, 3.63) is 77.3 Å². The number of carbonyl (C=O) groups is 2. The van der Waals surface area contributed by atoms with Crippen molar-refractivity contribution in [3.63, 3.8) is 0 Å². The molecule has 0 spiro atoms. The number of hydrogen-bond acceptors (Lipinski definition) is 6. The van der Waals surface area contributed by atoms with E-state index in [1.807, 2.05) is 61.5 Å². The Bertz CT molecular complexity index is 1310. The third-order valence-electron chi connectivity index (χ3n) is 4.68. The molecule has 4 rings (SSSR count). The second-order valence-corrected chi connectivity index (χ2v) is 9.81. The molecule has 9 heteroatoms. The number of nitrogens with zero attached hydrogens (tertiary/aromatic N) is 1. The van der Waals surface area contributed by atoms with Gasteiger partial charge in [-0.3, -0.25) is 9.59 Å². The minimum absolute atomic E-state index is 0.120. The van der Waals surface area contributed by atoms with Crippen LogP contribution in [0.5, 0.6) is 5.75 Å². The predicted octanol–water partition coefficient (Wildman–Crippen LogP) is 6.26. The molecule has 4 aromatic rings. The molecular weight excluding hydrogens is 490 g/mol. The van der Waals surface area contributed by atoms with Crippen molar-refractivity contribution in [1.29, 1.82) is 0 Å². The summed E-state index contributed by atoms with van der Waals surface area (Å²) in [5, 5.41) is 6.94. The van der Waals surface area contributed by atoms with Crippen molar-refractivity contribution in [3.8, 4) is 5.75 Å². The van der Waals surface area contributed by atoms with Crippen LogP contribution in [0.15, 0.2) is 71.6 Å². The second kappa shape index (κ2) is 11.4. The zero-order chi connectivity index (χ0) is 23.9.